The van der Waals surface area contributed by atoms with Gasteiger partial charge < -0.3 is 5.32 Å². The molecule has 0 saturated carbocycles. The fourth-order valence-electron chi connectivity index (χ4n) is 3.65. The number of nitroso groups, excluding NO2 is 1. The van der Waals surface area contributed by atoms with E-state index in [0.717, 1.165) is 18.2 Å². The first-order chi connectivity index (χ1) is 16.9. The first-order valence-electron chi connectivity index (χ1n) is 10.1. The number of aromatic nitrogens is 2. The average molecular weight is 538 g/mol. The number of hydrogen-bond donors (Lipinski definition) is 1. The highest BCUT2D eigenvalue weighted by Crippen LogP contribution is 2.43. The summed E-state index contributed by atoms with van der Waals surface area (Å²) in [6.07, 6.45) is -16.5. The van der Waals surface area contributed by atoms with Crippen molar-refractivity contribution in [3.8, 4) is 0 Å². The molecule has 0 radical (unpaired) electrons. The summed E-state index contributed by atoms with van der Waals surface area (Å²) in [5.41, 5.74) is -5.35. The average Bonchev–Trinajstić information content (AvgIpc) is 3.21. The first kappa shape index (κ1) is 27.7. The number of rotatable bonds is 5. The zero-order valence-electron chi connectivity index (χ0n) is 18.7. The Balaban J connectivity index is 2.11. The van der Waals surface area contributed by atoms with Gasteiger partial charge in [0, 0.05) is 17.3 Å². The van der Waals surface area contributed by atoms with Gasteiger partial charge in [0.15, 0.2) is 11.7 Å². The summed E-state index contributed by atoms with van der Waals surface area (Å²) in [6, 6.07) is 3.03. The zero-order chi connectivity index (χ0) is 27.9. The van der Waals surface area contributed by atoms with E-state index in [-0.39, 0.29) is 28.1 Å². The van der Waals surface area contributed by atoms with Gasteiger partial charge in [-0.2, -0.15) is 44.6 Å². The molecule has 1 N–H and O–H groups in total. The minimum Gasteiger partial charge on any atom is -0.322 e. The first-order valence-corrected chi connectivity index (χ1v) is 10.1. The van der Waals surface area contributed by atoms with E-state index in [1.807, 2.05) is 0 Å². The van der Waals surface area contributed by atoms with Crippen LogP contribution in [0, 0.1) is 18.8 Å². The number of carbonyl (C=O) groups is 1. The van der Waals surface area contributed by atoms with Crippen LogP contribution in [-0.4, -0.2) is 21.9 Å². The van der Waals surface area contributed by atoms with Crippen LogP contribution in [0.15, 0.2) is 47.6 Å². The van der Waals surface area contributed by atoms with Crippen LogP contribution in [-0.2, 0) is 12.4 Å². The lowest BCUT2D eigenvalue weighted by Gasteiger charge is -2.25. The van der Waals surface area contributed by atoms with Crippen molar-refractivity contribution in [1.82, 2.24) is 9.78 Å². The van der Waals surface area contributed by atoms with Gasteiger partial charge in [-0.1, -0.05) is 18.2 Å². The van der Waals surface area contributed by atoms with Crippen molar-refractivity contribution >= 4 is 17.3 Å². The lowest BCUT2D eigenvalue weighted by atomic mass is 9.98. The molecule has 0 aliphatic heterocycles. The Labute approximate surface area is 202 Å². The Hall–Kier alpha value is -3.91. The van der Waals surface area contributed by atoms with Crippen LogP contribution in [0.4, 0.5) is 50.9 Å². The number of halogens is 9. The lowest BCUT2D eigenvalue weighted by molar-refractivity contribution is -0.173. The molecule has 37 heavy (non-hydrogen) atoms. The molecule has 0 fully saturated rings. The van der Waals surface area contributed by atoms with Crippen LogP contribution in [0.2, 0.25) is 0 Å². The Morgan fingerprint density at radius 3 is 2.00 bits per heavy atom. The number of aryl methyl sites for hydroxylation is 2. The molecule has 1 amide bonds. The molecule has 0 saturated heterocycles. The summed E-state index contributed by atoms with van der Waals surface area (Å²) in [5, 5.41) is 7.74. The maximum atomic E-state index is 14.0. The van der Waals surface area contributed by atoms with Gasteiger partial charge in [0.25, 0.3) is 5.91 Å². The van der Waals surface area contributed by atoms with Crippen LogP contribution in [0.25, 0.3) is 0 Å². The van der Waals surface area contributed by atoms with Crippen molar-refractivity contribution in [1.29, 1.82) is 0 Å². The van der Waals surface area contributed by atoms with Crippen molar-refractivity contribution in [3.05, 3.63) is 81.0 Å². The van der Waals surface area contributed by atoms with E-state index < -0.39 is 58.2 Å². The van der Waals surface area contributed by atoms with E-state index in [9.17, 15) is 49.2 Å². The monoisotopic (exact) mass is 538 g/mol. The van der Waals surface area contributed by atoms with E-state index in [1.165, 1.54) is 32.0 Å². The van der Waals surface area contributed by atoms with Gasteiger partial charge >= 0.3 is 18.5 Å². The summed E-state index contributed by atoms with van der Waals surface area (Å²) in [7, 11) is 0. The molecule has 0 aliphatic carbocycles. The second kappa shape index (κ2) is 9.52. The molecule has 0 bridgehead atoms. The number of benzene rings is 2. The van der Waals surface area contributed by atoms with Crippen LogP contribution < -0.4 is 5.32 Å². The third-order valence-corrected chi connectivity index (χ3v) is 5.19. The Morgan fingerprint density at radius 1 is 0.919 bits per heavy atom. The number of alkyl halides is 9. The van der Waals surface area contributed by atoms with Crippen LogP contribution >= 0.6 is 0 Å². The van der Waals surface area contributed by atoms with E-state index in [1.54, 1.807) is 0 Å². The molecule has 1 unspecified atom stereocenters. The lowest BCUT2D eigenvalue weighted by Crippen LogP contribution is -2.32. The van der Waals surface area contributed by atoms with Gasteiger partial charge in [-0.3, -0.25) is 4.79 Å². The quantitative estimate of drug-likeness (QED) is 0.273. The van der Waals surface area contributed by atoms with Crippen LogP contribution in [0.5, 0.6) is 0 Å². The minimum absolute atomic E-state index is 0.00614. The van der Waals surface area contributed by atoms with Gasteiger partial charge in [-0.05, 0) is 53.9 Å². The molecule has 3 rings (SSSR count). The summed E-state index contributed by atoms with van der Waals surface area (Å²) in [5.74, 6) is -0.766. The third-order valence-electron chi connectivity index (χ3n) is 5.19. The molecular formula is C22H15F9N4O2. The van der Waals surface area contributed by atoms with Gasteiger partial charge in [-0.25, -0.2) is 4.68 Å². The van der Waals surface area contributed by atoms with E-state index in [2.05, 4.69) is 15.6 Å². The number of nitrogens with zero attached hydrogens (tertiary/aromatic N) is 3. The highest BCUT2D eigenvalue weighted by Gasteiger charge is 2.50. The number of carbonyl (C=O) groups excluding carboxylic acids is 1. The molecule has 1 atom stereocenters. The van der Waals surface area contributed by atoms with Crippen LogP contribution in [0.3, 0.4) is 0 Å². The predicted molar refractivity (Wildman–Crippen MR) is 112 cm³/mol. The largest absolute Gasteiger partial charge is 0.435 e. The van der Waals surface area contributed by atoms with Gasteiger partial charge in [-0.15, -0.1) is 4.91 Å². The molecule has 15 heteroatoms. The Morgan fingerprint density at radius 2 is 1.51 bits per heavy atom. The molecule has 1 heterocycles. The minimum atomic E-state index is -5.58. The van der Waals surface area contributed by atoms with Crippen molar-refractivity contribution in [2.75, 3.05) is 5.32 Å². The van der Waals surface area contributed by atoms with Gasteiger partial charge in [0.1, 0.15) is 11.4 Å². The molecule has 2 aromatic carbocycles. The second-order valence-electron chi connectivity index (χ2n) is 7.92. The number of anilines is 1. The summed E-state index contributed by atoms with van der Waals surface area (Å²) >= 11 is 0. The second-order valence-corrected chi connectivity index (χ2v) is 7.92. The van der Waals surface area contributed by atoms with Crippen LogP contribution in [0.1, 0.15) is 44.5 Å². The fraction of sp³-hybridized carbons (Fsp3) is 0.273. The standard InChI is InChI=1S/C22H15F9N4O2/c1-10-6-13(7-11(2)17(10)32-19(36)12-4-3-5-14(8-12)34-37)18(22(29,30)31)35-16(21(26,27)28)9-15(33-35)20(23,24)25/h3-9,18H,1-2H3,(H,32,36). The molecule has 3 aromatic rings. The fourth-order valence-corrected chi connectivity index (χ4v) is 3.65. The SMILES string of the molecule is Cc1cc(C(n2nc(C(F)(F)F)cc2C(F)(F)F)C(F)(F)F)cc(C)c1NC(=O)c1cccc(N=O)c1. The van der Waals surface area contributed by atoms with E-state index >= 15 is 0 Å². The summed E-state index contributed by atoms with van der Waals surface area (Å²) in [6.45, 7) is 2.50. The number of amides is 1. The highest BCUT2D eigenvalue weighted by molar-refractivity contribution is 6.05. The summed E-state index contributed by atoms with van der Waals surface area (Å²) in [4.78, 5) is 23.2. The van der Waals surface area contributed by atoms with Gasteiger partial charge in [0.2, 0.25) is 0 Å². The van der Waals surface area contributed by atoms with E-state index in [0.29, 0.717) is 0 Å². The van der Waals surface area contributed by atoms with E-state index in [4.69, 9.17) is 0 Å². The molecular weight excluding hydrogens is 523 g/mol. The van der Waals surface area contributed by atoms with Crippen molar-refractivity contribution in [3.63, 3.8) is 0 Å². The number of nitrogens with one attached hydrogen (secondary N) is 1. The van der Waals surface area contributed by atoms with Crippen molar-refractivity contribution in [2.45, 2.75) is 38.4 Å². The molecule has 0 aliphatic rings. The number of hydrogen-bond acceptors (Lipinski definition) is 4. The molecule has 198 valence electrons. The maximum absolute atomic E-state index is 14.0. The Kier molecular flexibility index (Phi) is 7.12. The highest BCUT2D eigenvalue weighted by atomic mass is 19.4. The predicted octanol–water partition coefficient (Wildman–Crippen LogP) is 7.34. The molecule has 0 spiro atoms. The molecule has 6 nitrogen and oxygen atoms in total. The van der Waals surface area contributed by atoms with Gasteiger partial charge in [0.05, 0.1) is 0 Å². The van der Waals surface area contributed by atoms with Crippen molar-refractivity contribution in [2.24, 2.45) is 5.18 Å². The maximum Gasteiger partial charge on any atom is 0.435 e. The summed E-state index contributed by atoms with van der Waals surface area (Å²) < 4.78 is 121. The normalized spacial score (nSPS) is 13.4. The topological polar surface area (TPSA) is 76.3 Å². The molecule has 1 aromatic heterocycles. The zero-order valence-corrected chi connectivity index (χ0v) is 18.7. The third kappa shape index (κ3) is 5.91. The Bertz CT molecular complexity index is 1320. The smallest absolute Gasteiger partial charge is 0.322 e. The van der Waals surface area contributed by atoms with Crippen molar-refractivity contribution < 1.29 is 44.3 Å².